The number of para-hydroxylation sites is 2. The number of fused-ring (bicyclic) bond motifs is 1. The first-order valence-corrected chi connectivity index (χ1v) is 9.92. The summed E-state index contributed by atoms with van der Waals surface area (Å²) in [4.78, 5) is 11.6. The molecule has 1 saturated heterocycles. The molecule has 0 aliphatic carbocycles. The van der Waals surface area contributed by atoms with Crippen molar-refractivity contribution in [1.82, 2.24) is 15.1 Å². The Kier molecular flexibility index (Phi) is 4.39. The van der Waals surface area contributed by atoms with Gasteiger partial charge < -0.3 is 14.5 Å². The number of nitrogens with zero attached hydrogens (tertiary/aromatic N) is 4. The number of anilines is 1. The first kappa shape index (κ1) is 17.7. The monoisotopic (exact) mass is 386 g/mol. The summed E-state index contributed by atoms with van der Waals surface area (Å²) in [5.41, 5.74) is 3.61. The number of rotatable bonds is 3. The number of hydrogen-bond acceptors (Lipinski definition) is 6. The number of phenols is 1. The molecule has 6 nitrogen and oxygen atoms in total. The molecule has 5 rings (SSSR count). The van der Waals surface area contributed by atoms with Crippen molar-refractivity contribution in [2.24, 2.45) is 0 Å². The molecule has 1 N–H and O–H groups in total. The van der Waals surface area contributed by atoms with Crippen LogP contribution in [0.3, 0.4) is 0 Å². The van der Waals surface area contributed by atoms with Gasteiger partial charge in [0, 0.05) is 35.6 Å². The van der Waals surface area contributed by atoms with E-state index in [0.717, 1.165) is 59.7 Å². The van der Waals surface area contributed by atoms with E-state index in [1.807, 2.05) is 43.3 Å². The van der Waals surface area contributed by atoms with Gasteiger partial charge in [0.05, 0.1) is 11.2 Å². The average molecular weight is 386 g/mol. The van der Waals surface area contributed by atoms with Crippen LogP contribution < -0.4 is 4.90 Å². The predicted octanol–water partition coefficient (Wildman–Crippen LogP) is 4.68. The minimum atomic E-state index is 0.242. The molecule has 1 aliphatic heterocycles. The number of piperidine rings is 1. The van der Waals surface area contributed by atoms with Crippen molar-refractivity contribution < 1.29 is 9.63 Å². The third-order valence-electron chi connectivity index (χ3n) is 5.60. The third-order valence-corrected chi connectivity index (χ3v) is 5.60. The smallest absolute Gasteiger partial charge is 0.229 e. The predicted molar refractivity (Wildman–Crippen MR) is 112 cm³/mol. The van der Waals surface area contributed by atoms with Crippen LogP contribution in [0.25, 0.3) is 22.2 Å². The fourth-order valence-electron chi connectivity index (χ4n) is 4.09. The Labute approximate surface area is 168 Å². The van der Waals surface area contributed by atoms with Crippen molar-refractivity contribution in [3.63, 3.8) is 0 Å². The van der Waals surface area contributed by atoms with Crippen LogP contribution in [0.15, 0.2) is 59.1 Å². The molecular formula is C23H22N4O2. The first-order chi connectivity index (χ1) is 14.2. The highest BCUT2D eigenvalue weighted by Gasteiger charge is 2.26. The van der Waals surface area contributed by atoms with Gasteiger partial charge in [0.15, 0.2) is 5.82 Å². The Balaban J connectivity index is 1.50. The van der Waals surface area contributed by atoms with Gasteiger partial charge in [0.2, 0.25) is 5.89 Å². The molecule has 29 heavy (non-hydrogen) atoms. The van der Waals surface area contributed by atoms with E-state index in [1.165, 1.54) is 0 Å². The van der Waals surface area contributed by atoms with Gasteiger partial charge >= 0.3 is 0 Å². The van der Waals surface area contributed by atoms with Crippen molar-refractivity contribution in [3.8, 4) is 17.0 Å². The van der Waals surface area contributed by atoms with Gasteiger partial charge in [0.1, 0.15) is 5.75 Å². The first-order valence-electron chi connectivity index (χ1n) is 9.92. The molecule has 0 atom stereocenters. The highest BCUT2D eigenvalue weighted by Crippen LogP contribution is 2.37. The van der Waals surface area contributed by atoms with Crippen LogP contribution in [-0.2, 0) is 0 Å². The lowest BCUT2D eigenvalue weighted by Gasteiger charge is -2.33. The number of benzene rings is 2. The molecule has 0 amide bonds. The van der Waals surface area contributed by atoms with Crippen molar-refractivity contribution in [2.75, 3.05) is 18.0 Å². The van der Waals surface area contributed by atoms with Crippen LogP contribution in [0.2, 0.25) is 0 Å². The molecule has 146 valence electrons. The summed E-state index contributed by atoms with van der Waals surface area (Å²) < 4.78 is 5.39. The molecule has 0 saturated carbocycles. The number of aryl methyl sites for hydroxylation is 1. The van der Waals surface area contributed by atoms with E-state index in [1.54, 1.807) is 6.07 Å². The average Bonchev–Trinajstić information content (AvgIpc) is 3.20. The van der Waals surface area contributed by atoms with Gasteiger partial charge in [-0.05, 0) is 44.0 Å². The van der Waals surface area contributed by atoms with Gasteiger partial charge in [-0.2, -0.15) is 4.98 Å². The molecule has 4 aromatic rings. The Hall–Kier alpha value is -3.41. The lowest BCUT2D eigenvalue weighted by molar-refractivity contribution is 0.327. The van der Waals surface area contributed by atoms with Crippen molar-refractivity contribution in [3.05, 3.63) is 66.3 Å². The molecule has 2 aromatic carbocycles. The zero-order valence-corrected chi connectivity index (χ0v) is 16.2. The minimum Gasteiger partial charge on any atom is -0.507 e. The Morgan fingerprint density at radius 1 is 1.00 bits per heavy atom. The molecule has 1 aliphatic rings. The van der Waals surface area contributed by atoms with Gasteiger partial charge in [-0.3, -0.25) is 0 Å². The topological polar surface area (TPSA) is 75.3 Å². The van der Waals surface area contributed by atoms with E-state index in [4.69, 9.17) is 9.51 Å². The summed E-state index contributed by atoms with van der Waals surface area (Å²) in [7, 11) is 0. The molecule has 0 radical (unpaired) electrons. The molecular weight excluding hydrogens is 364 g/mol. The summed E-state index contributed by atoms with van der Waals surface area (Å²) in [5, 5.41) is 15.4. The zero-order valence-electron chi connectivity index (χ0n) is 16.2. The second-order valence-corrected chi connectivity index (χ2v) is 7.50. The molecule has 0 unspecified atom stereocenters. The molecule has 6 heteroatoms. The SMILES string of the molecule is Cc1noc(C2CCN(c3cc(-c4ccccc4O)nc4ccccc34)CC2)n1. The van der Waals surface area contributed by atoms with Gasteiger partial charge in [-0.25, -0.2) is 4.98 Å². The Morgan fingerprint density at radius 3 is 2.52 bits per heavy atom. The number of hydrogen-bond donors (Lipinski definition) is 1. The molecule has 3 heterocycles. The van der Waals surface area contributed by atoms with Crippen molar-refractivity contribution >= 4 is 16.6 Å². The van der Waals surface area contributed by atoms with E-state index in [9.17, 15) is 5.11 Å². The Bertz CT molecular complexity index is 1160. The lowest BCUT2D eigenvalue weighted by Crippen LogP contribution is -2.33. The van der Waals surface area contributed by atoms with Crippen LogP contribution in [0.4, 0.5) is 5.69 Å². The van der Waals surface area contributed by atoms with Crippen molar-refractivity contribution in [1.29, 1.82) is 0 Å². The van der Waals surface area contributed by atoms with Gasteiger partial charge in [-0.15, -0.1) is 0 Å². The molecule has 0 bridgehead atoms. The quantitative estimate of drug-likeness (QED) is 0.551. The van der Waals surface area contributed by atoms with E-state index >= 15 is 0 Å². The number of aromatic hydroxyl groups is 1. The standard InChI is InChI=1S/C23H22N4O2/c1-15-24-23(29-26-15)16-10-12-27(13-11-16)21-14-20(18-7-3-5-9-22(18)28)25-19-8-4-2-6-17(19)21/h2-9,14,16,28H,10-13H2,1H3. The summed E-state index contributed by atoms with van der Waals surface area (Å²) in [5.74, 6) is 1.98. The summed E-state index contributed by atoms with van der Waals surface area (Å²) in [6.07, 6.45) is 1.93. The normalized spacial score (nSPS) is 15.1. The highest BCUT2D eigenvalue weighted by atomic mass is 16.5. The fourth-order valence-corrected chi connectivity index (χ4v) is 4.09. The number of phenolic OH excluding ortho intramolecular Hbond substituents is 1. The lowest BCUT2D eigenvalue weighted by atomic mass is 9.95. The minimum absolute atomic E-state index is 0.242. The third kappa shape index (κ3) is 3.31. The maximum Gasteiger partial charge on any atom is 0.229 e. The summed E-state index contributed by atoms with van der Waals surface area (Å²) in [6.45, 7) is 3.66. The summed E-state index contributed by atoms with van der Waals surface area (Å²) in [6, 6.07) is 17.6. The maximum absolute atomic E-state index is 10.3. The second-order valence-electron chi connectivity index (χ2n) is 7.50. The maximum atomic E-state index is 10.3. The van der Waals surface area contributed by atoms with Crippen LogP contribution in [0, 0.1) is 6.92 Å². The second kappa shape index (κ2) is 7.20. The number of pyridine rings is 1. The van der Waals surface area contributed by atoms with E-state index in [-0.39, 0.29) is 5.75 Å². The van der Waals surface area contributed by atoms with Crippen LogP contribution in [0.1, 0.15) is 30.5 Å². The van der Waals surface area contributed by atoms with Crippen molar-refractivity contribution in [2.45, 2.75) is 25.7 Å². The molecule has 0 spiro atoms. The number of aromatic nitrogens is 3. The van der Waals surface area contributed by atoms with Gasteiger partial charge in [-0.1, -0.05) is 35.5 Å². The fraction of sp³-hybridized carbons (Fsp3) is 0.261. The molecule has 2 aromatic heterocycles. The van der Waals surface area contributed by atoms with Crippen LogP contribution in [-0.4, -0.2) is 33.3 Å². The van der Waals surface area contributed by atoms with Gasteiger partial charge in [0.25, 0.3) is 0 Å². The van der Waals surface area contributed by atoms with E-state index < -0.39 is 0 Å². The van der Waals surface area contributed by atoms with E-state index in [2.05, 4.69) is 27.2 Å². The van der Waals surface area contributed by atoms with E-state index in [0.29, 0.717) is 11.7 Å². The van der Waals surface area contributed by atoms with Crippen LogP contribution >= 0.6 is 0 Å². The van der Waals surface area contributed by atoms with Crippen LogP contribution in [0.5, 0.6) is 5.75 Å². The highest BCUT2D eigenvalue weighted by molar-refractivity contribution is 5.94. The summed E-state index contributed by atoms with van der Waals surface area (Å²) >= 11 is 0. The largest absolute Gasteiger partial charge is 0.507 e. The zero-order chi connectivity index (χ0) is 19.8. The Morgan fingerprint density at radius 2 is 1.76 bits per heavy atom. The molecule has 1 fully saturated rings.